The van der Waals surface area contributed by atoms with Crippen LogP contribution >= 0.6 is 44.2 Å². The molecule has 0 amide bonds. The molecule has 0 saturated carbocycles. The minimum atomic E-state index is -0.470. The molecule has 31 heavy (non-hydrogen) atoms. The normalized spacial score (nSPS) is 10.9. The Hall–Kier alpha value is -0.794. The summed E-state index contributed by atoms with van der Waals surface area (Å²) < 4.78 is 0. The maximum atomic E-state index is 3.03. The molecule has 0 spiro atoms. The summed E-state index contributed by atoms with van der Waals surface area (Å²) in [5.74, 6) is 0. The first-order valence-corrected chi connectivity index (χ1v) is 17.9. The Labute approximate surface area is 208 Å². The van der Waals surface area contributed by atoms with Crippen LogP contribution in [0.1, 0.15) is 6.92 Å². The van der Waals surface area contributed by atoms with Gasteiger partial charge in [0.1, 0.15) is 0 Å². The van der Waals surface area contributed by atoms with E-state index >= 15 is 0 Å². The summed E-state index contributed by atoms with van der Waals surface area (Å²) in [5, 5.41) is 6.34. The van der Waals surface area contributed by atoms with Crippen LogP contribution in [0.3, 0.4) is 0 Å². The van der Waals surface area contributed by atoms with Crippen molar-refractivity contribution in [2.75, 3.05) is 0 Å². The molecule has 0 N–H and O–H groups in total. The second kappa shape index (κ2) is 13.7. The topological polar surface area (TPSA) is 0 Å². The molecule has 4 aromatic carbocycles. The summed E-state index contributed by atoms with van der Waals surface area (Å²) in [4.78, 5) is 0. The van der Waals surface area contributed by atoms with Crippen molar-refractivity contribution in [1.82, 2.24) is 0 Å². The van der Waals surface area contributed by atoms with Crippen LogP contribution < -0.4 is 21.2 Å². The van der Waals surface area contributed by atoms with Gasteiger partial charge in [0, 0.05) is 5.40 Å². The fourth-order valence-electron chi connectivity index (χ4n) is 3.63. The molecule has 0 atom stereocenters. The van der Waals surface area contributed by atoms with Crippen molar-refractivity contribution in [2.45, 2.75) is 12.3 Å². The fraction of sp³-hybridized carbons (Fsp3) is 0.0769. The number of rotatable bonds is 6. The van der Waals surface area contributed by atoms with E-state index in [9.17, 15) is 0 Å². The number of hydrogen-bond donors (Lipinski definition) is 0. The van der Waals surface area contributed by atoms with Gasteiger partial charge in [-0.1, -0.05) is 128 Å². The van der Waals surface area contributed by atoms with E-state index in [2.05, 4.69) is 157 Å². The number of hydrogen-bond acceptors (Lipinski definition) is 0. The summed E-state index contributed by atoms with van der Waals surface area (Å²) in [7, 11) is -0.940. The first-order chi connectivity index (χ1) is 15.3. The zero-order valence-corrected chi connectivity index (χ0v) is 23.1. The van der Waals surface area contributed by atoms with Gasteiger partial charge in [0.05, 0.1) is 0 Å². The van der Waals surface area contributed by atoms with Gasteiger partial charge in [-0.05, 0) is 37.1 Å². The SMILES string of the molecule is CC(P(c1ccccc1)c1ccccc1)P(c1ccccc1)c1ccccc1.[Br][Co][Br]. The van der Waals surface area contributed by atoms with Crippen molar-refractivity contribution in [3.63, 3.8) is 0 Å². The maximum absolute atomic E-state index is 3.03. The molecule has 0 saturated heterocycles. The van der Waals surface area contributed by atoms with Crippen LogP contribution in [0.4, 0.5) is 0 Å². The zero-order chi connectivity index (χ0) is 21.9. The molecule has 0 aliphatic carbocycles. The molecule has 0 unspecified atom stereocenters. The van der Waals surface area contributed by atoms with Crippen molar-refractivity contribution in [3.8, 4) is 0 Å². The monoisotopic (exact) mass is 615 g/mol. The fourth-order valence-corrected chi connectivity index (χ4v) is 10.5. The van der Waals surface area contributed by atoms with E-state index in [4.69, 9.17) is 0 Å². The molecule has 161 valence electrons. The minimum absolute atomic E-state index is 0.470. The van der Waals surface area contributed by atoms with Gasteiger partial charge in [-0.15, -0.1) is 0 Å². The Morgan fingerprint density at radius 2 is 0.677 bits per heavy atom. The average Bonchev–Trinajstić information content (AvgIpc) is 2.83. The summed E-state index contributed by atoms with van der Waals surface area (Å²) >= 11 is 7.12. The number of halogens is 2. The molecule has 5 heteroatoms. The molecular formula is C26H24Br2CoP2. The van der Waals surface area contributed by atoms with E-state index in [1.54, 1.807) is 0 Å². The van der Waals surface area contributed by atoms with E-state index in [-0.39, 0.29) is 0 Å². The standard InChI is InChI=1S/C26H24P2.2BrH.Co/c1-22(27(23-14-6-2-7-15-23)24-16-8-3-9-17-24)28(25-18-10-4-11-19-25)26-20-12-5-13-21-26;;;/h2-22H,1H3;2*1H;/q;;;+2/p-2. The molecular weight excluding hydrogens is 593 g/mol. The molecule has 0 aromatic heterocycles. The molecule has 0 heterocycles. The third-order valence-electron chi connectivity index (χ3n) is 4.88. The summed E-state index contributed by atoms with van der Waals surface area (Å²) in [6.07, 6.45) is 0. The van der Waals surface area contributed by atoms with Crippen LogP contribution in [0.15, 0.2) is 121 Å². The van der Waals surface area contributed by atoms with Gasteiger partial charge in [0.15, 0.2) is 0 Å². The third-order valence-corrected chi connectivity index (χ3v) is 11.2. The van der Waals surface area contributed by atoms with E-state index in [1.807, 2.05) is 0 Å². The van der Waals surface area contributed by atoms with Gasteiger partial charge >= 0.3 is 39.5 Å². The Morgan fingerprint density at radius 3 is 0.871 bits per heavy atom. The molecule has 0 bridgehead atoms. The Morgan fingerprint density at radius 1 is 0.484 bits per heavy atom. The summed E-state index contributed by atoms with van der Waals surface area (Å²) in [6, 6.07) is 44.3. The van der Waals surface area contributed by atoms with Crippen LogP contribution in [0, 0.1) is 0 Å². The van der Waals surface area contributed by atoms with Crippen molar-refractivity contribution < 1.29 is 11.1 Å². The van der Waals surface area contributed by atoms with E-state index in [0.717, 1.165) is 11.1 Å². The second-order valence-corrected chi connectivity index (χ2v) is 17.5. The van der Waals surface area contributed by atoms with Gasteiger partial charge in [0.25, 0.3) is 0 Å². The van der Waals surface area contributed by atoms with Crippen LogP contribution in [-0.4, -0.2) is 5.40 Å². The summed E-state index contributed by atoms with van der Waals surface area (Å²) in [5.41, 5.74) is 0. The predicted octanol–water partition coefficient (Wildman–Crippen LogP) is 7.29. The third kappa shape index (κ3) is 7.09. The van der Waals surface area contributed by atoms with Gasteiger partial charge in [-0.2, -0.15) is 0 Å². The van der Waals surface area contributed by atoms with Crippen LogP contribution in [-0.2, 0) is 11.1 Å². The molecule has 0 nitrogen and oxygen atoms in total. The van der Waals surface area contributed by atoms with E-state index in [0.29, 0.717) is 5.40 Å². The van der Waals surface area contributed by atoms with Crippen molar-refractivity contribution >= 4 is 65.4 Å². The first kappa shape index (κ1) is 24.8. The van der Waals surface area contributed by atoms with Gasteiger partial charge in [-0.25, -0.2) is 0 Å². The molecule has 0 fully saturated rings. The Balaban J connectivity index is 0.000000858. The predicted molar refractivity (Wildman–Crippen MR) is 145 cm³/mol. The van der Waals surface area contributed by atoms with Gasteiger partial charge in [0.2, 0.25) is 0 Å². The molecule has 0 radical (unpaired) electrons. The molecule has 0 aliphatic heterocycles. The van der Waals surface area contributed by atoms with Crippen molar-refractivity contribution in [3.05, 3.63) is 121 Å². The zero-order valence-electron chi connectivity index (χ0n) is 17.1. The van der Waals surface area contributed by atoms with Crippen LogP contribution in [0.5, 0.6) is 0 Å². The van der Waals surface area contributed by atoms with E-state index < -0.39 is 15.8 Å². The van der Waals surface area contributed by atoms with Gasteiger partial charge < -0.3 is 0 Å². The van der Waals surface area contributed by atoms with Crippen molar-refractivity contribution in [1.29, 1.82) is 0 Å². The van der Waals surface area contributed by atoms with Gasteiger partial charge in [-0.3, -0.25) is 0 Å². The van der Waals surface area contributed by atoms with Crippen LogP contribution in [0.25, 0.3) is 0 Å². The second-order valence-electron chi connectivity index (χ2n) is 6.76. The molecule has 4 rings (SSSR count). The molecule has 0 aliphatic rings. The van der Waals surface area contributed by atoms with Crippen LogP contribution in [0.2, 0.25) is 0 Å². The van der Waals surface area contributed by atoms with Crippen molar-refractivity contribution in [2.24, 2.45) is 0 Å². The Kier molecular flexibility index (Phi) is 11.0. The molecule has 4 aromatic rings. The Bertz CT molecular complexity index is 841. The quantitative estimate of drug-likeness (QED) is 0.200. The average molecular weight is 617 g/mol. The summed E-state index contributed by atoms with van der Waals surface area (Å²) in [6.45, 7) is 2.46. The number of benzene rings is 4. The first-order valence-electron chi connectivity index (χ1n) is 9.88. The van der Waals surface area contributed by atoms with E-state index in [1.165, 1.54) is 21.2 Å².